The first-order valence-corrected chi connectivity index (χ1v) is 5.12. The summed E-state index contributed by atoms with van der Waals surface area (Å²) in [6, 6.07) is 0. The SMILES string of the molecule is CSc1cnn(CC(=O)N(C)C)c1. The van der Waals surface area contributed by atoms with Gasteiger partial charge in [-0.05, 0) is 6.26 Å². The molecular formula is C8H13N3OS. The summed E-state index contributed by atoms with van der Waals surface area (Å²) in [5, 5.41) is 4.06. The van der Waals surface area contributed by atoms with Crippen molar-refractivity contribution in [3.63, 3.8) is 0 Å². The van der Waals surface area contributed by atoms with Crippen LogP contribution in [0.1, 0.15) is 0 Å². The van der Waals surface area contributed by atoms with Crippen LogP contribution in [0, 0.1) is 0 Å². The first-order valence-electron chi connectivity index (χ1n) is 3.90. The molecule has 5 heteroatoms. The van der Waals surface area contributed by atoms with Crippen molar-refractivity contribution in [2.45, 2.75) is 11.4 Å². The highest BCUT2D eigenvalue weighted by Gasteiger charge is 2.05. The highest BCUT2D eigenvalue weighted by atomic mass is 32.2. The van der Waals surface area contributed by atoms with Crippen LogP contribution in [0.25, 0.3) is 0 Å². The van der Waals surface area contributed by atoms with Crippen molar-refractivity contribution >= 4 is 17.7 Å². The van der Waals surface area contributed by atoms with Crippen LogP contribution in [0.4, 0.5) is 0 Å². The summed E-state index contributed by atoms with van der Waals surface area (Å²) in [6.45, 7) is 0.313. The van der Waals surface area contributed by atoms with Gasteiger partial charge in [-0.25, -0.2) is 0 Å². The maximum Gasteiger partial charge on any atom is 0.243 e. The Labute approximate surface area is 81.9 Å². The van der Waals surface area contributed by atoms with Gasteiger partial charge in [-0.1, -0.05) is 0 Å². The van der Waals surface area contributed by atoms with E-state index in [1.54, 1.807) is 41.6 Å². The summed E-state index contributed by atoms with van der Waals surface area (Å²) in [4.78, 5) is 13.9. The molecule has 0 fully saturated rings. The number of nitrogens with zero attached hydrogens (tertiary/aromatic N) is 3. The molecule has 72 valence electrons. The van der Waals surface area contributed by atoms with Crippen molar-refractivity contribution in [2.24, 2.45) is 0 Å². The topological polar surface area (TPSA) is 38.1 Å². The maximum absolute atomic E-state index is 11.3. The number of hydrogen-bond acceptors (Lipinski definition) is 3. The van der Waals surface area contributed by atoms with Gasteiger partial charge in [0.15, 0.2) is 0 Å². The lowest BCUT2D eigenvalue weighted by atomic mass is 10.5. The van der Waals surface area contributed by atoms with Crippen molar-refractivity contribution in [3.8, 4) is 0 Å². The monoisotopic (exact) mass is 199 g/mol. The molecule has 0 unspecified atom stereocenters. The van der Waals surface area contributed by atoms with Crippen LogP contribution in [-0.4, -0.2) is 40.9 Å². The van der Waals surface area contributed by atoms with Gasteiger partial charge < -0.3 is 4.90 Å². The summed E-state index contributed by atoms with van der Waals surface area (Å²) < 4.78 is 1.65. The Kier molecular flexibility index (Phi) is 3.36. The average Bonchev–Trinajstić information content (AvgIpc) is 2.52. The van der Waals surface area contributed by atoms with E-state index < -0.39 is 0 Å². The molecule has 13 heavy (non-hydrogen) atoms. The zero-order valence-electron chi connectivity index (χ0n) is 8.02. The molecule has 1 heterocycles. The minimum atomic E-state index is 0.0516. The van der Waals surface area contributed by atoms with E-state index in [9.17, 15) is 4.79 Å². The number of hydrogen-bond donors (Lipinski definition) is 0. The minimum Gasteiger partial charge on any atom is -0.347 e. The van der Waals surface area contributed by atoms with Crippen molar-refractivity contribution in [2.75, 3.05) is 20.4 Å². The molecule has 1 rings (SSSR count). The molecular weight excluding hydrogens is 186 g/mol. The zero-order chi connectivity index (χ0) is 9.84. The smallest absolute Gasteiger partial charge is 0.243 e. The van der Waals surface area contributed by atoms with Crippen molar-refractivity contribution in [3.05, 3.63) is 12.4 Å². The number of carbonyl (C=O) groups is 1. The summed E-state index contributed by atoms with van der Waals surface area (Å²) in [7, 11) is 3.47. The van der Waals surface area contributed by atoms with Gasteiger partial charge in [-0.2, -0.15) is 5.10 Å². The predicted octanol–water partition coefficient (Wildman–Crippen LogP) is 0.693. The van der Waals surface area contributed by atoms with Gasteiger partial charge in [-0.3, -0.25) is 9.48 Å². The van der Waals surface area contributed by atoms with E-state index in [4.69, 9.17) is 0 Å². The molecule has 0 atom stereocenters. The molecule has 0 aromatic carbocycles. The summed E-state index contributed by atoms with van der Waals surface area (Å²) >= 11 is 1.62. The lowest BCUT2D eigenvalue weighted by Gasteiger charge is -2.09. The molecule has 0 aliphatic rings. The highest BCUT2D eigenvalue weighted by molar-refractivity contribution is 7.98. The molecule has 0 radical (unpaired) electrons. The van der Waals surface area contributed by atoms with Gasteiger partial charge in [0.1, 0.15) is 6.54 Å². The molecule has 0 spiro atoms. The summed E-state index contributed by atoms with van der Waals surface area (Å²) in [5.41, 5.74) is 0. The minimum absolute atomic E-state index is 0.0516. The van der Waals surface area contributed by atoms with Crippen molar-refractivity contribution < 1.29 is 4.79 Å². The Morgan fingerprint density at radius 2 is 2.38 bits per heavy atom. The molecule has 1 amide bonds. The van der Waals surface area contributed by atoms with Gasteiger partial charge in [0, 0.05) is 25.2 Å². The third-order valence-electron chi connectivity index (χ3n) is 1.64. The van der Waals surface area contributed by atoms with Gasteiger partial charge in [0.2, 0.25) is 5.91 Å². The molecule has 1 aromatic rings. The second-order valence-corrected chi connectivity index (χ2v) is 3.75. The lowest BCUT2D eigenvalue weighted by molar-refractivity contribution is -0.129. The number of aromatic nitrogens is 2. The molecule has 0 saturated heterocycles. The second-order valence-electron chi connectivity index (χ2n) is 2.87. The second kappa shape index (κ2) is 4.32. The molecule has 1 aromatic heterocycles. The predicted molar refractivity (Wildman–Crippen MR) is 52.7 cm³/mol. The van der Waals surface area contributed by atoms with Crippen LogP contribution in [0.3, 0.4) is 0 Å². The van der Waals surface area contributed by atoms with Crippen LogP contribution < -0.4 is 0 Å². The van der Waals surface area contributed by atoms with E-state index in [-0.39, 0.29) is 5.91 Å². The number of rotatable bonds is 3. The fraction of sp³-hybridized carbons (Fsp3) is 0.500. The molecule has 0 N–H and O–H groups in total. The zero-order valence-corrected chi connectivity index (χ0v) is 8.84. The van der Waals surface area contributed by atoms with Crippen LogP contribution in [-0.2, 0) is 11.3 Å². The summed E-state index contributed by atoms with van der Waals surface area (Å²) in [5.74, 6) is 0.0516. The molecule has 0 saturated carbocycles. The van der Waals surface area contributed by atoms with E-state index in [2.05, 4.69) is 5.10 Å². The van der Waals surface area contributed by atoms with E-state index in [0.29, 0.717) is 6.54 Å². The quantitative estimate of drug-likeness (QED) is 0.672. The molecule has 0 aliphatic carbocycles. The van der Waals surface area contributed by atoms with Crippen molar-refractivity contribution in [1.82, 2.24) is 14.7 Å². The van der Waals surface area contributed by atoms with Crippen LogP contribution in [0.15, 0.2) is 17.3 Å². The number of thioether (sulfide) groups is 1. The standard InChI is InChI=1S/C8H13N3OS/c1-10(2)8(12)6-11-5-7(13-3)4-9-11/h4-5H,6H2,1-3H3. The normalized spacial score (nSPS) is 10.1. The summed E-state index contributed by atoms with van der Waals surface area (Å²) in [6.07, 6.45) is 5.61. The number of amides is 1. The lowest BCUT2D eigenvalue weighted by Crippen LogP contribution is -2.26. The van der Waals surface area contributed by atoms with Gasteiger partial charge in [-0.15, -0.1) is 11.8 Å². The number of carbonyl (C=O) groups excluding carboxylic acids is 1. The largest absolute Gasteiger partial charge is 0.347 e. The molecule has 0 aliphatic heterocycles. The van der Waals surface area contributed by atoms with Crippen LogP contribution >= 0.6 is 11.8 Å². The fourth-order valence-corrected chi connectivity index (χ4v) is 1.20. The van der Waals surface area contributed by atoms with E-state index >= 15 is 0 Å². The Morgan fingerprint density at radius 1 is 1.69 bits per heavy atom. The van der Waals surface area contributed by atoms with Gasteiger partial charge >= 0.3 is 0 Å². The highest BCUT2D eigenvalue weighted by Crippen LogP contribution is 2.11. The Morgan fingerprint density at radius 3 is 2.85 bits per heavy atom. The first kappa shape index (κ1) is 10.1. The Bertz CT molecular complexity index is 295. The molecule has 0 bridgehead atoms. The first-order chi connectivity index (χ1) is 6.13. The van der Waals surface area contributed by atoms with Crippen molar-refractivity contribution in [1.29, 1.82) is 0 Å². The maximum atomic E-state index is 11.3. The third-order valence-corrected chi connectivity index (χ3v) is 2.32. The van der Waals surface area contributed by atoms with Crippen LogP contribution in [0.5, 0.6) is 0 Å². The Balaban J connectivity index is 2.59. The molecule has 4 nitrogen and oxygen atoms in total. The number of likely N-dealkylation sites (N-methyl/N-ethyl adjacent to an activating group) is 1. The fourth-order valence-electron chi connectivity index (χ4n) is 0.816. The van der Waals surface area contributed by atoms with Gasteiger partial charge in [0.25, 0.3) is 0 Å². The Hall–Kier alpha value is -0.970. The van der Waals surface area contributed by atoms with Crippen LogP contribution in [0.2, 0.25) is 0 Å². The van der Waals surface area contributed by atoms with E-state index in [1.165, 1.54) is 0 Å². The van der Waals surface area contributed by atoms with E-state index in [0.717, 1.165) is 4.90 Å². The third kappa shape index (κ3) is 2.77. The average molecular weight is 199 g/mol. The van der Waals surface area contributed by atoms with E-state index in [1.807, 2.05) is 12.5 Å². The van der Waals surface area contributed by atoms with Gasteiger partial charge in [0.05, 0.1) is 6.20 Å².